The van der Waals surface area contributed by atoms with E-state index in [9.17, 15) is 9.18 Å². The first kappa shape index (κ1) is 10.3. The van der Waals surface area contributed by atoms with Crippen LogP contribution in [0.3, 0.4) is 0 Å². The molecule has 0 saturated heterocycles. The minimum absolute atomic E-state index is 0.152. The molecule has 3 N–H and O–H groups in total. The van der Waals surface area contributed by atoms with Crippen molar-refractivity contribution in [3.8, 4) is 5.75 Å². The number of phenols is 1. The molecule has 0 atom stereocenters. The van der Waals surface area contributed by atoms with Crippen LogP contribution >= 0.6 is 0 Å². The number of carbonyl (C=O) groups excluding carboxylic acids is 1. The van der Waals surface area contributed by atoms with E-state index in [1.54, 1.807) is 6.92 Å². The smallest absolute Gasteiger partial charge is 0.341 e. The number of hydrogen-bond acceptors (Lipinski definition) is 4. The molecule has 0 radical (unpaired) electrons. The Hall–Kier alpha value is -1.78. The van der Waals surface area contributed by atoms with Crippen molar-refractivity contribution >= 4 is 11.7 Å². The molecule has 4 nitrogen and oxygen atoms in total. The Bertz CT molecular complexity index is 365. The van der Waals surface area contributed by atoms with Gasteiger partial charge in [-0.25, -0.2) is 9.18 Å². The van der Waals surface area contributed by atoms with Gasteiger partial charge in [0.2, 0.25) is 0 Å². The molecule has 0 amide bonds. The molecule has 14 heavy (non-hydrogen) atoms. The van der Waals surface area contributed by atoms with Crippen LogP contribution in [0, 0.1) is 5.82 Å². The molecule has 0 aromatic heterocycles. The summed E-state index contributed by atoms with van der Waals surface area (Å²) in [6, 6.07) is 2.27. The first-order chi connectivity index (χ1) is 6.57. The molecule has 1 aromatic carbocycles. The van der Waals surface area contributed by atoms with Gasteiger partial charge in [-0.3, -0.25) is 0 Å². The monoisotopic (exact) mass is 199 g/mol. The Morgan fingerprint density at radius 1 is 1.64 bits per heavy atom. The van der Waals surface area contributed by atoms with Crippen molar-refractivity contribution in [1.82, 2.24) is 0 Å². The summed E-state index contributed by atoms with van der Waals surface area (Å²) in [4.78, 5) is 11.1. The number of anilines is 1. The van der Waals surface area contributed by atoms with E-state index in [0.717, 1.165) is 12.1 Å². The van der Waals surface area contributed by atoms with Gasteiger partial charge in [-0.2, -0.15) is 0 Å². The van der Waals surface area contributed by atoms with E-state index in [-0.39, 0.29) is 12.2 Å². The van der Waals surface area contributed by atoms with Crippen molar-refractivity contribution in [3.63, 3.8) is 0 Å². The van der Waals surface area contributed by atoms with Crippen LogP contribution < -0.4 is 5.73 Å². The zero-order chi connectivity index (χ0) is 10.7. The number of nitrogen functional groups attached to an aromatic ring is 1. The zero-order valence-corrected chi connectivity index (χ0v) is 7.58. The van der Waals surface area contributed by atoms with Crippen LogP contribution in [0.4, 0.5) is 10.1 Å². The molecular weight excluding hydrogens is 189 g/mol. The van der Waals surface area contributed by atoms with Gasteiger partial charge in [0.05, 0.1) is 12.2 Å². The lowest BCUT2D eigenvalue weighted by Crippen LogP contribution is -2.08. The molecule has 0 bridgehead atoms. The van der Waals surface area contributed by atoms with Gasteiger partial charge >= 0.3 is 5.97 Å². The van der Waals surface area contributed by atoms with Gasteiger partial charge < -0.3 is 15.6 Å². The normalized spacial score (nSPS) is 9.86. The number of phenolic OH excluding ortho intramolecular Hbond substituents is 1. The highest BCUT2D eigenvalue weighted by molar-refractivity contribution is 5.91. The average molecular weight is 199 g/mol. The predicted octanol–water partition coefficient (Wildman–Crippen LogP) is 1.29. The summed E-state index contributed by atoms with van der Waals surface area (Å²) in [7, 11) is 0. The second-order valence-electron chi connectivity index (χ2n) is 2.58. The number of carbonyl (C=O) groups is 1. The number of nitrogens with two attached hydrogens (primary N) is 1. The van der Waals surface area contributed by atoms with Crippen molar-refractivity contribution in [2.45, 2.75) is 6.92 Å². The molecule has 1 aromatic rings. The fourth-order valence-corrected chi connectivity index (χ4v) is 0.949. The highest BCUT2D eigenvalue weighted by Gasteiger charge is 2.16. The lowest BCUT2D eigenvalue weighted by Gasteiger charge is -2.05. The van der Waals surface area contributed by atoms with Gasteiger partial charge in [0, 0.05) is 0 Å². The maximum Gasteiger partial charge on any atom is 0.341 e. The second kappa shape index (κ2) is 3.95. The van der Waals surface area contributed by atoms with Crippen molar-refractivity contribution in [3.05, 3.63) is 23.5 Å². The first-order valence-corrected chi connectivity index (χ1v) is 4.02. The summed E-state index contributed by atoms with van der Waals surface area (Å²) >= 11 is 0. The van der Waals surface area contributed by atoms with E-state index in [4.69, 9.17) is 10.8 Å². The van der Waals surface area contributed by atoms with Crippen LogP contribution in [0.1, 0.15) is 17.3 Å². The second-order valence-corrected chi connectivity index (χ2v) is 2.58. The molecule has 0 aliphatic heterocycles. The van der Waals surface area contributed by atoms with Gasteiger partial charge in [-0.15, -0.1) is 0 Å². The number of rotatable bonds is 2. The number of benzene rings is 1. The molecule has 5 heteroatoms. The van der Waals surface area contributed by atoms with Crippen LogP contribution in [-0.2, 0) is 4.74 Å². The van der Waals surface area contributed by atoms with Crippen LogP contribution in [0.5, 0.6) is 5.75 Å². The Kier molecular flexibility index (Phi) is 2.91. The summed E-state index contributed by atoms with van der Waals surface area (Å²) in [5.41, 5.74) is 4.46. The quantitative estimate of drug-likeness (QED) is 0.427. The van der Waals surface area contributed by atoms with E-state index in [1.165, 1.54) is 0 Å². The SMILES string of the molecule is CCOC(=O)c1ccc(O)c(N)c1F. The standard InChI is InChI=1S/C9H10FNO3/c1-2-14-9(13)5-3-4-6(12)8(11)7(5)10/h3-4,12H,2,11H2,1H3. The highest BCUT2D eigenvalue weighted by atomic mass is 19.1. The Labute approximate surface area is 80.1 Å². The lowest BCUT2D eigenvalue weighted by molar-refractivity contribution is 0.0521. The summed E-state index contributed by atoms with van der Waals surface area (Å²) in [5, 5.41) is 9.02. The molecule has 0 aliphatic rings. The van der Waals surface area contributed by atoms with Crippen LogP contribution in [0.2, 0.25) is 0 Å². The third-order valence-corrected chi connectivity index (χ3v) is 1.65. The van der Waals surface area contributed by atoms with Crippen LogP contribution in [0.25, 0.3) is 0 Å². The predicted molar refractivity (Wildman–Crippen MR) is 48.4 cm³/mol. The summed E-state index contributed by atoms with van der Waals surface area (Å²) < 4.78 is 17.8. The molecule has 0 fully saturated rings. The van der Waals surface area contributed by atoms with Crippen LogP contribution in [-0.4, -0.2) is 17.7 Å². The maximum absolute atomic E-state index is 13.3. The number of esters is 1. The molecule has 76 valence electrons. The minimum atomic E-state index is -0.955. The van der Waals surface area contributed by atoms with Gasteiger partial charge in [0.15, 0.2) is 5.82 Å². The molecule has 0 unspecified atom stereocenters. The van der Waals surface area contributed by atoms with Gasteiger partial charge in [-0.05, 0) is 19.1 Å². The maximum atomic E-state index is 13.3. The molecule has 0 aliphatic carbocycles. The average Bonchev–Trinajstić information content (AvgIpc) is 2.15. The number of aromatic hydroxyl groups is 1. The summed E-state index contributed by atoms with van der Waals surface area (Å²) in [5.74, 6) is -2.14. The Morgan fingerprint density at radius 3 is 2.86 bits per heavy atom. The zero-order valence-electron chi connectivity index (χ0n) is 7.58. The van der Waals surface area contributed by atoms with E-state index in [0.29, 0.717) is 0 Å². The number of ether oxygens (including phenoxy) is 1. The Balaban J connectivity index is 3.11. The van der Waals surface area contributed by atoms with E-state index in [2.05, 4.69) is 4.74 Å². The molecule has 0 spiro atoms. The number of halogens is 1. The van der Waals surface area contributed by atoms with Crippen molar-refractivity contribution in [2.75, 3.05) is 12.3 Å². The molecular formula is C9H10FNO3. The van der Waals surface area contributed by atoms with Gasteiger partial charge in [-0.1, -0.05) is 0 Å². The van der Waals surface area contributed by atoms with E-state index in [1.807, 2.05) is 0 Å². The Morgan fingerprint density at radius 2 is 2.29 bits per heavy atom. The van der Waals surface area contributed by atoms with Crippen LogP contribution in [0.15, 0.2) is 12.1 Å². The van der Waals surface area contributed by atoms with Crippen molar-refractivity contribution < 1.29 is 19.0 Å². The molecule has 0 saturated carbocycles. The minimum Gasteiger partial charge on any atom is -0.506 e. The topological polar surface area (TPSA) is 72.5 Å². The van der Waals surface area contributed by atoms with E-state index < -0.39 is 23.2 Å². The molecule has 0 heterocycles. The van der Waals surface area contributed by atoms with Crippen molar-refractivity contribution in [1.29, 1.82) is 0 Å². The first-order valence-electron chi connectivity index (χ1n) is 4.02. The lowest BCUT2D eigenvalue weighted by atomic mass is 10.1. The summed E-state index contributed by atoms with van der Waals surface area (Å²) in [6.45, 7) is 1.76. The third-order valence-electron chi connectivity index (χ3n) is 1.65. The van der Waals surface area contributed by atoms with Gasteiger partial charge in [0.1, 0.15) is 11.4 Å². The van der Waals surface area contributed by atoms with E-state index >= 15 is 0 Å². The fourth-order valence-electron chi connectivity index (χ4n) is 0.949. The largest absolute Gasteiger partial charge is 0.506 e. The van der Waals surface area contributed by atoms with Crippen molar-refractivity contribution in [2.24, 2.45) is 0 Å². The third kappa shape index (κ3) is 1.76. The fraction of sp³-hybridized carbons (Fsp3) is 0.222. The van der Waals surface area contributed by atoms with Gasteiger partial charge in [0.25, 0.3) is 0 Å². The number of hydrogen-bond donors (Lipinski definition) is 2. The summed E-state index contributed by atoms with van der Waals surface area (Å²) in [6.07, 6.45) is 0. The molecule has 1 rings (SSSR count). The highest BCUT2D eigenvalue weighted by Crippen LogP contribution is 2.25.